The van der Waals surface area contributed by atoms with Gasteiger partial charge in [-0.05, 0) is 26.6 Å². The summed E-state index contributed by atoms with van der Waals surface area (Å²) in [4.78, 5) is 15.6. The van der Waals surface area contributed by atoms with Crippen molar-refractivity contribution < 1.29 is 9.90 Å². The largest absolute Gasteiger partial charge is 0.391 e. The summed E-state index contributed by atoms with van der Waals surface area (Å²) in [6.07, 6.45) is -0.248. The molecule has 1 aliphatic heterocycles. The Kier molecular flexibility index (Phi) is 4.22. The second-order valence-corrected chi connectivity index (χ2v) is 5.55. The molecule has 4 heteroatoms. The van der Waals surface area contributed by atoms with Crippen LogP contribution in [-0.2, 0) is 4.79 Å². The lowest BCUT2D eigenvalue weighted by atomic mass is 10.0. The number of β-amino-alcohol motifs (C(OH)–C–C–N with tert-alkyl or cyclic N) is 1. The molecule has 1 heterocycles. The lowest BCUT2D eigenvalue weighted by Gasteiger charge is -2.29. The van der Waals surface area contributed by atoms with E-state index >= 15 is 0 Å². The molecule has 0 radical (unpaired) electrons. The molecule has 0 aromatic heterocycles. The number of rotatable bonds is 4. The van der Waals surface area contributed by atoms with E-state index in [0.717, 1.165) is 0 Å². The number of hydrogen-bond acceptors (Lipinski definition) is 3. The van der Waals surface area contributed by atoms with Crippen LogP contribution in [-0.4, -0.2) is 54.1 Å². The zero-order chi connectivity index (χ0) is 14.0. The number of likely N-dealkylation sites (N-methyl/N-ethyl adjacent to an activating group) is 1. The molecule has 1 fully saturated rings. The van der Waals surface area contributed by atoms with E-state index in [1.807, 2.05) is 14.1 Å². The zero-order valence-corrected chi connectivity index (χ0v) is 11.8. The minimum atomic E-state index is -0.506. The zero-order valence-electron chi connectivity index (χ0n) is 11.8. The Morgan fingerprint density at radius 3 is 2.47 bits per heavy atom. The van der Waals surface area contributed by atoms with Gasteiger partial charge in [0.2, 0.25) is 5.91 Å². The maximum absolute atomic E-state index is 11.8. The molecule has 2 atom stereocenters. The third-order valence-corrected chi connectivity index (χ3v) is 3.67. The summed E-state index contributed by atoms with van der Waals surface area (Å²) < 4.78 is 0. The fraction of sp³-hybridized carbons (Fsp3) is 0.533. The average molecular weight is 262 g/mol. The first kappa shape index (κ1) is 14.0. The van der Waals surface area contributed by atoms with Gasteiger partial charge in [-0.3, -0.25) is 4.79 Å². The second kappa shape index (κ2) is 5.72. The van der Waals surface area contributed by atoms with Gasteiger partial charge in [-0.1, -0.05) is 29.8 Å². The Morgan fingerprint density at radius 1 is 1.37 bits per heavy atom. The van der Waals surface area contributed by atoms with Gasteiger partial charge in [0.1, 0.15) is 0 Å². The van der Waals surface area contributed by atoms with Crippen molar-refractivity contribution in [3.8, 4) is 0 Å². The fourth-order valence-electron chi connectivity index (χ4n) is 2.49. The summed E-state index contributed by atoms with van der Waals surface area (Å²) in [5.74, 6) is 0.0476. The normalized spacial score (nSPS) is 21.2. The van der Waals surface area contributed by atoms with E-state index in [2.05, 4.69) is 36.1 Å². The molecule has 19 heavy (non-hydrogen) atoms. The number of amides is 1. The SMILES string of the molecule is Cc1ccc(C(CN2CC(O)CC2=O)N(C)C)cc1. The predicted octanol–water partition coefficient (Wildman–Crippen LogP) is 1.19. The molecular weight excluding hydrogens is 240 g/mol. The highest BCUT2D eigenvalue weighted by molar-refractivity contribution is 5.79. The summed E-state index contributed by atoms with van der Waals surface area (Å²) in [6.45, 7) is 3.15. The monoisotopic (exact) mass is 262 g/mol. The van der Waals surface area contributed by atoms with E-state index in [-0.39, 0.29) is 18.4 Å². The van der Waals surface area contributed by atoms with Crippen molar-refractivity contribution in [3.05, 3.63) is 35.4 Å². The van der Waals surface area contributed by atoms with Crippen LogP contribution >= 0.6 is 0 Å². The van der Waals surface area contributed by atoms with E-state index in [9.17, 15) is 9.90 Å². The summed E-state index contributed by atoms with van der Waals surface area (Å²) >= 11 is 0. The molecule has 4 nitrogen and oxygen atoms in total. The van der Waals surface area contributed by atoms with Crippen molar-refractivity contribution in [1.82, 2.24) is 9.80 Å². The smallest absolute Gasteiger partial charge is 0.225 e. The van der Waals surface area contributed by atoms with E-state index < -0.39 is 6.10 Å². The van der Waals surface area contributed by atoms with E-state index in [0.29, 0.717) is 13.1 Å². The Bertz CT molecular complexity index is 442. The maximum atomic E-state index is 11.8. The first-order chi connectivity index (χ1) is 8.97. The minimum absolute atomic E-state index is 0.0476. The van der Waals surface area contributed by atoms with E-state index in [1.165, 1.54) is 11.1 Å². The second-order valence-electron chi connectivity index (χ2n) is 5.55. The van der Waals surface area contributed by atoms with Crippen molar-refractivity contribution in [2.75, 3.05) is 27.2 Å². The van der Waals surface area contributed by atoms with Crippen molar-refractivity contribution in [2.45, 2.75) is 25.5 Å². The average Bonchev–Trinajstić information content (AvgIpc) is 2.66. The van der Waals surface area contributed by atoms with Gasteiger partial charge in [0.25, 0.3) is 0 Å². The molecule has 1 amide bonds. The van der Waals surface area contributed by atoms with Crippen LogP contribution in [0.3, 0.4) is 0 Å². The number of carbonyl (C=O) groups excluding carboxylic acids is 1. The molecular formula is C15H22N2O2. The molecule has 2 rings (SSSR count). The quantitative estimate of drug-likeness (QED) is 0.886. The van der Waals surface area contributed by atoms with Crippen molar-refractivity contribution >= 4 is 5.91 Å². The Labute approximate surface area is 114 Å². The summed E-state index contributed by atoms with van der Waals surface area (Å²) in [6, 6.07) is 8.56. The lowest BCUT2D eigenvalue weighted by Crippen LogP contribution is -2.36. The van der Waals surface area contributed by atoms with Crippen LogP contribution in [0.15, 0.2) is 24.3 Å². The summed E-state index contributed by atoms with van der Waals surface area (Å²) in [5, 5.41) is 9.55. The van der Waals surface area contributed by atoms with Crippen LogP contribution in [0.5, 0.6) is 0 Å². The number of aryl methyl sites for hydroxylation is 1. The van der Waals surface area contributed by atoms with Crippen LogP contribution < -0.4 is 0 Å². The molecule has 2 unspecified atom stereocenters. The summed E-state index contributed by atoms with van der Waals surface area (Å²) in [5.41, 5.74) is 2.43. The van der Waals surface area contributed by atoms with E-state index in [1.54, 1.807) is 4.90 Å². The van der Waals surface area contributed by atoms with Gasteiger partial charge in [-0.15, -0.1) is 0 Å². The number of nitrogens with zero attached hydrogens (tertiary/aromatic N) is 2. The van der Waals surface area contributed by atoms with Gasteiger partial charge >= 0.3 is 0 Å². The lowest BCUT2D eigenvalue weighted by molar-refractivity contribution is -0.128. The Morgan fingerprint density at radius 2 is 2.00 bits per heavy atom. The topological polar surface area (TPSA) is 43.8 Å². The van der Waals surface area contributed by atoms with Gasteiger partial charge < -0.3 is 14.9 Å². The number of likely N-dealkylation sites (tertiary alicyclic amines) is 1. The van der Waals surface area contributed by atoms with Crippen molar-refractivity contribution in [3.63, 3.8) is 0 Å². The van der Waals surface area contributed by atoms with Crippen LogP contribution in [0.1, 0.15) is 23.6 Å². The molecule has 1 aromatic carbocycles. The van der Waals surface area contributed by atoms with Gasteiger partial charge in [-0.2, -0.15) is 0 Å². The maximum Gasteiger partial charge on any atom is 0.225 e. The Hall–Kier alpha value is -1.39. The number of benzene rings is 1. The number of hydrogen-bond donors (Lipinski definition) is 1. The van der Waals surface area contributed by atoms with Gasteiger partial charge in [-0.25, -0.2) is 0 Å². The summed E-state index contributed by atoms with van der Waals surface area (Å²) in [7, 11) is 4.03. The fourth-order valence-corrected chi connectivity index (χ4v) is 2.49. The minimum Gasteiger partial charge on any atom is -0.391 e. The van der Waals surface area contributed by atoms with Crippen molar-refractivity contribution in [2.24, 2.45) is 0 Å². The van der Waals surface area contributed by atoms with Gasteiger partial charge in [0, 0.05) is 13.1 Å². The number of aliphatic hydroxyl groups is 1. The van der Waals surface area contributed by atoms with E-state index in [4.69, 9.17) is 0 Å². The highest BCUT2D eigenvalue weighted by Gasteiger charge is 2.30. The number of carbonyl (C=O) groups is 1. The molecule has 0 spiro atoms. The van der Waals surface area contributed by atoms with Crippen LogP contribution in [0.25, 0.3) is 0 Å². The highest BCUT2D eigenvalue weighted by atomic mass is 16.3. The molecule has 0 saturated carbocycles. The first-order valence-corrected chi connectivity index (χ1v) is 6.66. The van der Waals surface area contributed by atoms with Crippen LogP contribution in [0, 0.1) is 6.92 Å². The molecule has 1 aromatic rings. The van der Waals surface area contributed by atoms with Gasteiger partial charge in [0.05, 0.1) is 18.6 Å². The molecule has 0 bridgehead atoms. The van der Waals surface area contributed by atoms with Crippen LogP contribution in [0.2, 0.25) is 0 Å². The third kappa shape index (κ3) is 3.33. The van der Waals surface area contributed by atoms with Gasteiger partial charge in [0.15, 0.2) is 0 Å². The van der Waals surface area contributed by atoms with Crippen LogP contribution in [0.4, 0.5) is 0 Å². The standard InChI is InChI=1S/C15H22N2O2/c1-11-4-6-12(7-5-11)14(16(2)3)10-17-9-13(18)8-15(17)19/h4-7,13-14,18H,8-10H2,1-3H3. The van der Waals surface area contributed by atoms with Crippen molar-refractivity contribution in [1.29, 1.82) is 0 Å². The molecule has 1 saturated heterocycles. The highest BCUT2D eigenvalue weighted by Crippen LogP contribution is 2.22. The predicted molar refractivity (Wildman–Crippen MR) is 74.8 cm³/mol. The molecule has 1 N–H and O–H groups in total. The molecule has 104 valence electrons. The first-order valence-electron chi connectivity index (χ1n) is 6.66. The number of aliphatic hydroxyl groups excluding tert-OH is 1. The third-order valence-electron chi connectivity index (χ3n) is 3.67. The Balaban J connectivity index is 2.13. The molecule has 0 aliphatic carbocycles. The molecule has 1 aliphatic rings.